The van der Waals surface area contributed by atoms with Gasteiger partial charge in [-0.05, 0) is 43.2 Å². The summed E-state index contributed by atoms with van der Waals surface area (Å²) in [6, 6.07) is 12.1. The molecule has 0 N–H and O–H groups in total. The molecule has 2 aromatic carbocycles. The zero-order valence-corrected chi connectivity index (χ0v) is 19.2. The topological polar surface area (TPSA) is 69.6 Å². The summed E-state index contributed by atoms with van der Waals surface area (Å²) >= 11 is 0. The van der Waals surface area contributed by atoms with Gasteiger partial charge in [-0.25, -0.2) is 0 Å². The summed E-state index contributed by atoms with van der Waals surface area (Å²) in [7, 11) is 1.66. The molecule has 5 rings (SSSR count). The van der Waals surface area contributed by atoms with Gasteiger partial charge in [-0.3, -0.25) is 9.79 Å². The molecule has 2 aromatic rings. The molecule has 2 saturated heterocycles. The van der Waals surface area contributed by atoms with Crippen LogP contribution < -0.4 is 9.47 Å². The quantitative estimate of drug-likeness (QED) is 0.699. The molecule has 0 unspecified atom stereocenters. The molecule has 3 aliphatic rings. The molecule has 7 heteroatoms. The highest BCUT2D eigenvalue weighted by atomic mass is 16.5. The van der Waals surface area contributed by atoms with Crippen molar-refractivity contribution < 1.29 is 23.7 Å². The van der Waals surface area contributed by atoms with Crippen molar-refractivity contribution in [2.75, 3.05) is 53.2 Å². The number of benzene rings is 2. The first-order valence-corrected chi connectivity index (χ1v) is 11.7. The van der Waals surface area contributed by atoms with Gasteiger partial charge in [0.2, 0.25) is 0 Å². The summed E-state index contributed by atoms with van der Waals surface area (Å²) in [5.74, 6) is 1.68. The predicted octanol–water partition coefficient (Wildman–Crippen LogP) is 3.29. The maximum absolute atomic E-state index is 12.9. The van der Waals surface area contributed by atoms with Crippen molar-refractivity contribution in [3.63, 3.8) is 0 Å². The van der Waals surface area contributed by atoms with Gasteiger partial charge in [0.1, 0.15) is 0 Å². The van der Waals surface area contributed by atoms with E-state index < -0.39 is 0 Å². The molecule has 0 aromatic heterocycles. The SMILES string of the molecule is CCOc1cc2c(cc1OC)C(c1ccc(C(=O)N3CCOCC3)cc1)=N[C@@H]1CCOC[C@H]21. The molecule has 0 spiro atoms. The van der Waals surface area contributed by atoms with E-state index in [0.29, 0.717) is 50.8 Å². The van der Waals surface area contributed by atoms with E-state index in [2.05, 4.69) is 6.07 Å². The van der Waals surface area contributed by atoms with E-state index in [1.54, 1.807) is 7.11 Å². The van der Waals surface area contributed by atoms with Crippen LogP contribution in [0.2, 0.25) is 0 Å². The number of carbonyl (C=O) groups is 1. The van der Waals surface area contributed by atoms with Gasteiger partial charge in [-0.2, -0.15) is 0 Å². The van der Waals surface area contributed by atoms with Crippen LogP contribution in [0.5, 0.6) is 11.5 Å². The van der Waals surface area contributed by atoms with Crippen LogP contribution in [0, 0.1) is 0 Å². The zero-order chi connectivity index (χ0) is 22.8. The maximum atomic E-state index is 12.9. The average Bonchev–Trinajstić information content (AvgIpc) is 2.88. The molecule has 0 bridgehead atoms. The van der Waals surface area contributed by atoms with Crippen molar-refractivity contribution in [1.29, 1.82) is 0 Å². The number of morpholine rings is 1. The van der Waals surface area contributed by atoms with E-state index in [0.717, 1.165) is 35.6 Å². The lowest BCUT2D eigenvalue weighted by molar-refractivity contribution is 0.0303. The maximum Gasteiger partial charge on any atom is 0.254 e. The summed E-state index contributed by atoms with van der Waals surface area (Å²) in [5, 5.41) is 0. The molecule has 1 amide bonds. The van der Waals surface area contributed by atoms with Gasteiger partial charge in [0.25, 0.3) is 5.91 Å². The lowest BCUT2D eigenvalue weighted by Crippen LogP contribution is -2.40. The van der Waals surface area contributed by atoms with Crippen LogP contribution in [0.4, 0.5) is 0 Å². The number of hydrogen-bond donors (Lipinski definition) is 0. The highest BCUT2D eigenvalue weighted by molar-refractivity contribution is 6.15. The van der Waals surface area contributed by atoms with Crippen LogP contribution >= 0.6 is 0 Å². The number of hydrogen-bond acceptors (Lipinski definition) is 6. The summed E-state index contributed by atoms with van der Waals surface area (Å²) in [6.45, 7) is 6.36. The first kappa shape index (κ1) is 21.9. The predicted molar refractivity (Wildman–Crippen MR) is 125 cm³/mol. The minimum absolute atomic E-state index is 0.0448. The number of carbonyl (C=O) groups excluding carboxylic acids is 1. The molecule has 2 fully saturated rings. The van der Waals surface area contributed by atoms with Crippen LogP contribution in [-0.2, 0) is 9.47 Å². The Morgan fingerprint density at radius 1 is 1.09 bits per heavy atom. The van der Waals surface area contributed by atoms with Crippen LogP contribution in [0.25, 0.3) is 0 Å². The molecular formula is C26H30N2O5. The van der Waals surface area contributed by atoms with E-state index in [4.69, 9.17) is 23.9 Å². The van der Waals surface area contributed by atoms with E-state index in [1.165, 1.54) is 5.56 Å². The van der Waals surface area contributed by atoms with Crippen molar-refractivity contribution in [3.8, 4) is 11.5 Å². The standard InChI is InChI=1S/C26H30N2O5/c1-3-33-24-14-19-20(15-23(24)30-2)25(27-22-8-11-32-16-21(19)22)17-4-6-18(7-5-17)26(29)28-9-12-31-13-10-28/h4-7,14-15,21-22H,3,8-13,16H2,1-2H3/t21-,22-/m1/s1. The second kappa shape index (κ2) is 9.53. The Morgan fingerprint density at radius 3 is 2.61 bits per heavy atom. The molecule has 2 atom stereocenters. The smallest absolute Gasteiger partial charge is 0.254 e. The van der Waals surface area contributed by atoms with Gasteiger partial charge in [0, 0.05) is 42.3 Å². The Hall–Kier alpha value is -2.90. The van der Waals surface area contributed by atoms with Gasteiger partial charge in [-0.15, -0.1) is 0 Å². The number of methoxy groups -OCH3 is 1. The molecule has 174 valence electrons. The summed E-state index contributed by atoms with van der Waals surface area (Å²) in [5.41, 5.74) is 4.83. The van der Waals surface area contributed by atoms with E-state index in [9.17, 15) is 4.79 Å². The molecule has 3 heterocycles. The molecule has 7 nitrogen and oxygen atoms in total. The number of amides is 1. The highest BCUT2D eigenvalue weighted by Crippen LogP contribution is 2.42. The van der Waals surface area contributed by atoms with Crippen LogP contribution in [0.1, 0.15) is 46.3 Å². The summed E-state index contributed by atoms with van der Waals surface area (Å²) < 4.78 is 22.7. The molecule has 0 aliphatic carbocycles. The summed E-state index contributed by atoms with van der Waals surface area (Å²) in [4.78, 5) is 19.9. The number of ether oxygens (including phenoxy) is 4. The Kier molecular flexibility index (Phi) is 6.33. The third-order valence-electron chi connectivity index (χ3n) is 6.61. The summed E-state index contributed by atoms with van der Waals surface area (Å²) in [6.07, 6.45) is 0.886. The minimum Gasteiger partial charge on any atom is -0.493 e. The van der Waals surface area contributed by atoms with Gasteiger partial charge in [0.05, 0.1) is 45.3 Å². The fourth-order valence-corrected chi connectivity index (χ4v) is 4.88. The van der Waals surface area contributed by atoms with Crippen LogP contribution in [0.3, 0.4) is 0 Å². The van der Waals surface area contributed by atoms with Crippen LogP contribution in [0.15, 0.2) is 41.4 Å². The number of rotatable bonds is 5. The Balaban J connectivity index is 1.51. The second-order valence-corrected chi connectivity index (χ2v) is 8.52. The zero-order valence-electron chi connectivity index (χ0n) is 19.2. The third kappa shape index (κ3) is 4.23. The molecule has 0 saturated carbocycles. The Morgan fingerprint density at radius 2 is 1.88 bits per heavy atom. The van der Waals surface area contributed by atoms with Gasteiger partial charge >= 0.3 is 0 Å². The average molecular weight is 451 g/mol. The number of aliphatic imine (C=N–C) groups is 1. The van der Waals surface area contributed by atoms with Gasteiger partial charge in [0.15, 0.2) is 11.5 Å². The van der Waals surface area contributed by atoms with Crippen molar-refractivity contribution >= 4 is 11.6 Å². The van der Waals surface area contributed by atoms with Crippen molar-refractivity contribution in [2.45, 2.75) is 25.3 Å². The van der Waals surface area contributed by atoms with E-state index >= 15 is 0 Å². The van der Waals surface area contributed by atoms with Crippen LogP contribution in [-0.4, -0.2) is 75.8 Å². The number of fused-ring (bicyclic) bond motifs is 3. The lowest BCUT2D eigenvalue weighted by atomic mass is 9.80. The lowest BCUT2D eigenvalue weighted by Gasteiger charge is -2.35. The highest BCUT2D eigenvalue weighted by Gasteiger charge is 2.35. The molecular weight excluding hydrogens is 420 g/mol. The Labute approximate surface area is 194 Å². The monoisotopic (exact) mass is 450 g/mol. The van der Waals surface area contributed by atoms with Crippen molar-refractivity contribution in [3.05, 3.63) is 58.7 Å². The largest absolute Gasteiger partial charge is 0.493 e. The van der Waals surface area contributed by atoms with Gasteiger partial charge < -0.3 is 23.8 Å². The van der Waals surface area contributed by atoms with Crippen molar-refractivity contribution in [2.24, 2.45) is 4.99 Å². The number of nitrogens with zero attached hydrogens (tertiary/aromatic N) is 2. The third-order valence-corrected chi connectivity index (χ3v) is 6.61. The minimum atomic E-state index is 0.0448. The van der Waals surface area contributed by atoms with E-state index in [1.807, 2.05) is 42.2 Å². The van der Waals surface area contributed by atoms with Crippen molar-refractivity contribution in [1.82, 2.24) is 4.90 Å². The molecule has 3 aliphatic heterocycles. The normalized spacial score (nSPS) is 22.1. The first-order valence-electron chi connectivity index (χ1n) is 11.7. The fraction of sp³-hybridized carbons (Fsp3) is 0.462. The van der Waals surface area contributed by atoms with Gasteiger partial charge in [-0.1, -0.05) is 12.1 Å². The van der Waals surface area contributed by atoms with E-state index in [-0.39, 0.29) is 17.9 Å². The first-order chi connectivity index (χ1) is 16.2. The second-order valence-electron chi connectivity index (χ2n) is 8.52. The molecule has 0 radical (unpaired) electrons. The molecule has 33 heavy (non-hydrogen) atoms. The Bertz CT molecular complexity index is 1040. The fourth-order valence-electron chi connectivity index (χ4n) is 4.88.